The highest BCUT2D eigenvalue weighted by atomic mass is 32.1. The van der Waals surface area contributed by atoms with E-state index in [1.807, 2.05) is 32.9 Å². The van der Waals surface area contributed by atoms with Crippen LogP contribution in [-0.4, -0.2) is 61.9 Å². The molecule has 13 heteroatoms. The van der Waals surface area contributed by atoms with Crippen LogP contribution in [0.4, 0.5) is 5.69 Å². The van der Waals surface area contributed by atoms with E-state index in [4.69, 9.17) is 9.47 Å². The molecule has 0 aromatic carbocycles. The van der Waals surface area contributed by atoms with E-state index >= 15 is 0 Å². The highest BCUT2D eigenvalue weighted by Gasteiger charge is 2.24. The summed E-state index contributed by atoms with van der Waals surface area (Å²) in [5.41, 5.74) is 0.851. The molecule has 0 saturated heterocycles. The molecule has 3 rings (SSSR count). The second-order valence-corrected chi connectivity index (χ2v) is 9.70. The van der Waals surface area contributed by atoms with Crippen LogP contribution in [-0.2, 0) is 22.9 Å². The van der Waals surface area contributed by atoms with Gasteiger partial charge in [0.15, 0.2) is 5.69 Å². The summed E-state index contributed by atoms with van der Waals surface area (Å²) in [6, 6.07) is 3.77. The van der Waals surface area contributed by atoms with Crippen molar-refractivity contribution in [3.63, 3.8) is 0 Å². The van der Waals surface area contributed by atoms with Crippen molar-refractivity contribution >= 4 is 28.9 Å². The summed E-state index contributed by atoms with van der Waals surface area (Å²) in [7, 11) is 1.51. The van der Waals surface area contributed by atoms with Crippen LogP contribution in [0.25, 0.3) is 10.6 Å². The van der Waals surface area contributed by atoms with Gasteiger partial charge in [0.2, 0.25) is 5.69 Å². The lowest BCUT2D eigenvalue weighted by Gasteiger charge is -2.18. The molecule has 3 aromatic rings. The fraction of sp³-hybridized carbons (Fsp3) is 0.435. The summed E-state index contributed by atoms with van der Waals surface area (Å²) in [5, 5.41) is 19.8. The van der Waals surface area contributed by atoms with Gasteiger partial charge < -0.3 is 14.8 Å². The number of nitrogens with one attached hydrogen (secondary N) is 1. The number of nitro groups is 1. The van der Waals surface area contributed by atoms with Crippen molar-refractivity contribution < 1.29 is 24.0 Å². The van der Waals surface area contributed by atoms with Crippen LogP contribution < -0.4 is 5.32 Å². The average molecular weight is 517 g/mol. The van der Waals surface area contributed by atoms with Gasteiger partial charge in [0.25, 0.3) is 5.91 Å². The third-order valence-electron chi connectivity index (χ3n) is 4.65. The van der Waals surface area contributed by atoms with Gasteiger partial charge in [0.1, 0.15) is 16.8 Å². The van der Waals surface area contributed by atoms with Crippen LogP contribution in [0.3, 0.4) is 0 Å². The van der Waals surface area contributed by atoms with E-state index in [1.54, 1.807) is 11.6 Å². The molecule has 3 heterocycles. The minimum absolute atomic E-state index is 0.199. The first-order chi connectivity index (χ1) is 17.0. The van der Waals surface area contributed by atoms with E-state index in [2.05, 4.69) is 20.4 Å². The van der Waals surface area contributed by atoms with Gasteiger partial charge in [-0.05, 0) is 45.7 Å². The number of nitrogens with zero attached hydrogens (tertiary/aromatic N) is 5. The molecule has 3 aromatic heterocycles. The topological polar surface area (TPSA) is 151 Å². The zero-order valence-electron chi connectivity index (χ0n) is 20.5. The van der Waals surface area contributed by atoms with E-state index in [9.17, 15) is 19.7 Å². The van der Waals surface area contributed by atoms with Gasteiger partial charge in [-0.2, -0.15) is 5.10 Å². The molecular formula is C23H28N6O6S. The number of pyridine rings is 1. The molecule has 192 valence electrons. The van der Waals surface area contributed by atoms with Crippen LogP contribution in [0.5, 0.6) is 0 Å². The monoisotopic (exact) mass is 516 g/mol. The number of carbonyl (C=O) groups excluding carboxylic acids is 2. The highest BCUT2D eigenvalue weighted by molar-refractivity contribution is 7.13. The number of ether oxygens (including phenoxy) is 2. The molecule has 0 radical (unpaired) electrons. The lowest BCUT2D eigenvalue weighted by atomic mass is 10.1. The maximum atomic E-state index is 12.2. The van der Waals surface area contributed by atoms with Gasteiger partial charge in [-0.25, -0.2) is 9.78 Å². The summed E-state index contributed by atoms with van der Waals surface area (Å²) in [6.45, 7) is 6.33. The molecule has 1 amide bonds. The Morgan fingerprint density at radius 1 is 1.28 bits per heavy atom. The summed E-state index contributed by atoms with van der Waals surface area (Å²) >= 11 is 1.37. The van der Waals surface area contributed by atoms with Gasteiger partial charge in [-0.1, -0.05) is 0 Å². The third-order valence-corrected chi connectivity index (χ3v) is 5.54. The van der Waals surface area contributed by atoms with Gasteiger partial charge >= 0.3 is 11.7 Å². The van der Waals surface area contributed by atoms with Crippen molar-refractivity contribution in [3.8, 4) is 10.6 Å². The van der Waals surface area contributed by atoms with Crippen LogP contribution in [0.15, 0.2) is 29.9 Å². The molecule has 0 atom stereocenters. The summed E-state index contributed by atoms with van der Waals surface area (Å²) in [6.07, 6.45) is 4.26. The van der Waals surface area contributed by atoms with Crippen molar-refractivity contribution in [3.05, 3.63) is 57.1 Å². The Labute approximate surface area is 211 Å². The fourth-order valence-corrected chi connectivity index (χ4v) is 3.91. The number of aromatic nitrogens is 4. The molecule has 0 aliphatic rings. The predicted molar refractivity (Wildman–Crippen MR) is 132 cm³/mol. The standard InChI is InChI=1S/C23H28N6O6S/c1-23(2,3)35-22(31)17-14-36-21(26-17)15-7-8-24-16(12-15)6-5-10-34-11-9-25-20(30)19-18(29(32)33)13-28(4)27-19/h7-8,12-14H,5-6,9-11H2,1-4H3,(H,25,30). The van der Waals surface area contributed by atoms with E-state index in [0.29, 0.717) is 24.5 Å². The van der Waals surface area contributed by atoms with Gasteiger partial charge in [0.05, 0.1) is 11.5 Å². The molecule has 0 aliphatic carbocycles. The largest absolute Gasteiger partial charge is 0.455 e. The molecule has 0 fully saturated rings. The zero-order chi connectivity index (χ0) is 26.3. The highest BCUT2D eigenvalue weighted by Crippen LogP contribution is 2.25. The Balaban J connectivity index is 1.41. The van der Waals surface area contributed by atoms with Crippen LogP contribution in [0.2, 0.25) is 0 Å². The Morgan fingerprint density at radius 2 is 2.06 bits per heavy atom. The average Bonchev–Trinajstić information content (AvgIpc) is 3.45. The molecule has 12 nitrogen and oxygen atoms in total. The molecule has 0 spiro atoms. The fourth-order valence-electron chi connectivity index (χ4n) is 3.13. The first-order valence-corrected chi connectivity index (χ1v) is 12.1. The number of hydrogen-bond donors (Lipinski definition) is 1. The lowest BCUT2D eigenvalue weighted by molar-refractivity contribution is -0.385. The zero-order valence-corrected chi connectivity index (χ0v) is 21.3. The van der Waals surface area contributed by atoms with Crippen LogP contribution >= 0.6 is 11.3 Å². The second-order valence-electron chi connectivity index (χ2n) is 8.84. The van der Waals surface area contributed by atoms with E-state index < -0.39 is 22.4 Å². The first-order valence-electron chi connectivity index (χ1n) is 11.2. The molecule has 0 saturated carbocycles. The van der Waals surface area contributed by atoms with Crippen molar-refractivity contribution in [2.45, 2.75) is 39.2 Å². The van der Waals surface area contributed by atoms with Gasteiger partial charge in [-0.3, -0.25) is 24.6 Å². The van der Waals surface area contributed by atoms with E-state index in [0.717, 1.165) is 11.3 Å². The molecule has 0 aliphatic heterocycles. The summed E-state index contributed by atoms with van der Waals surface area (Å²) in [4.78, 5) is 43.5. The minimum Gasteiger partial charge on any atom is -0.455 e. The smallest absolute Gasteiger partial charge is 0.358 e. The summed E-state index contributed by atoms with van der Waals surface area (Å²) < 4.78 is 12.1. The number of rotatable bonds is 11. The van der Waals surface area contributed by atoms with E-state index in [1.165, 1.54) is 29.3 Å². The van der Waals surface area contributed by atoms with Gasteiger partial charge in [0, 0.05) is 43.0 Å². The van der Waals surface area contributed by atoms with E-state index in [-0.39, 0.29) is 30.2 Å². The Morgan fingerprint density at radius 3 is 2.78 bits per heavy atom. The number of thiazole rings is 1. The third kappa shape index (κ3) is 7.65. The molecule has 0 unspecified atom stereocenters. The van der Waals surface area contributed by atoms with Gasteiger partial charge in [-0.15, -0.1) is 11.3 Å². The van der Waals surface area contributed by atoms with Crippen molar-refractivity contribution in [1.82, 2.24) is 25.1 Å². The number of aryl methyl sites for hydroxylation is 2. The molecular weight excluding hydrogens is 488 g/mol. The predicted octanol–water partition coefficient (Wildman–Crippen LogP) is 3.18. The SMILES string of the molecule is Cn1cc([N+](=O)[O-])c(C(=O)NCCOCCCc2cc(-c3nc(C(=O)OC(C)(C)C)cs3)ccn2)n1. The lowest BCUT2D eigenvalue weighted by Crippen LogP contribution is -2.28. The molecule has 36 heavy (non-hydrogen) atoms. The number of amides is 1. The number of esters is 1. The maximum absolute atomic E-state index is 12.2. The Hall–Kier alpha value is -3.71. The van der Waals surface area contributed by atoms with Crippen LogP contribution in [0.1, 0.15) is 53.9 Å². The van der Waals surface area contributed by atoms with Crippen molar-refractivity contribution in [2.24, 2.45) is 7.05 Å². The molecule has 1 N–H and O–H groups in total. The van der Waals surface area contributed by atoms with Crippen LogP contribution in [0, 0.1) is 10.1 Å². The number of hydrogen-bond acceptors (Lipinski definition) is 10. The maximum Gasteiger partial charge on any atom is 0.358 e. The second kappa shape index (κ2) is 11.8. The normalized spacial score (nSPS) is 11.3. The van der Waals surface area contributed by atoms with Crippen molar-refractivity contribution in [2.75, 3.05) is 19.8 Å². The Kier molecular flexibility index (Phi) is 8.83. The summed E-state index contributed by atoms with van der Waals surface area (Å²) in [5.74, 6) is -1.07. The minimum atomic E-state index is -0.643. The molecule has 0 bridgehead atoms. The Bertz CT molecular complexity index is 1230. The number of carbonyl (C=O) groups is 2. The first kappa shape index (κ1) is 26.9. The van der Waals surface area contributed by atoms with Crippen molar-refractivity contribution in [1.29, 1.82) is 0 Å². The quantitative estimate of drug-likeness (QED) is 0.175.